The molecule has 6 heteroatoms. The maximum absolute atomic E-state index is 11.2. The third kappa shape index (κ3) is 5.15. The number of benzene rings is 2. The van der Waals surface area contributed by atoms with Gasteiger partial charge in [-0.2, -0.15) is 0 Å². The summed E-state index contributed by atoms with van der Waals surface area (Å²) in [4.78, 5) is 16.0. The first-order valence-electron chi connectivity index (χ1n) is 9.37. The molecule has 0 spiro atoms. The van der Waals surface area contributed by atoms with Gasteiger partial charge >= 0.3 is 0 Å². The minimum atomic E-state index is -0.123. The molecular weight excluding hydrogens is 393 g/mol. The molecule has 4 nitrogen and oxygen atoms in total. The molecule has 1 aromatic heterocycles. The van der Waals surface area contributed by atoms with Crippen LogP contribution >= 0.6 is 23.2 Å². The lowest BCUT2D eigenvalue weighted by molar-refractivity contribution is -0.116. The molecule has 2 aromatic carbocycles. The molecule has 3 rings (SSSR count). The van der Waals surface area contributed by atoms with Crippen LogP contribution in [-0.2, 0) is 17.8 Å². The number of nitrogens with zero attached hydrogens (tertiary/aromatic N) is 2. The summed E-state index contributed by atoms with van der Waals surface area (Å²) in [5.41, 5.74) is 3.10. The Hall–Kier alpha value is -2.30. The number of aryl methyl sites for hydroxylation is 1. The maximum atomic E-state index is 11.2. The SMILES string of the molecule is C=CC(=O)NCCCCCc1nc2ccccc2n1Cc1ccc(Cl)cc1Cl. The molecule has 0 atom stereocenters. The summed E-state index contributed by atoms with van der Waals surface area (Å²) in [5.74, 6) is 0.920. The van der Waals surface area contributed by atoms with E-state index in [4.69, 9.17) is 28.2 Å². The van der Waals surface area contributed by atoms with Crippen molar-refractivity contribution in [1.82, 2.24) is 14.9 Å². The number of imidazole rings is 1. The van der Waals surface area contributed by atoms with Crippen LogP contribution in [0.1, 0.15) is 30.7 Å². The van der Waals surface area contributed by atoms with E-state index in [1.54, 1.807) is 6.07 Å². The van der Waals surface area contributed by atoms with Crippen molar-refractivity contribution < 1.29 is 4.79 Å². The number of fused-ring (bicyclic) bond motifs is 1. The van der Waals surface area contributed by atoms with Crippen LogP contribution in [0.5, 0.6) is 0 Å². The van der Waals surface area contributed by atoms with Crippen LogP contribution in [0.3, 0.4) is 0 Å². The molecule has 1 amide bonds. The van der Waals surface area contributed by atoms with Crippen LogP contribution in [0.4, 0.5) is 0 Å². The lowest BCUT2D eigenvalue weighted by Crippen LogP contribution is -2.21. The molecule has 0 aliphatic carbocycles. The van der Waals surface area contributed by atoms with Gasteiger partial charge in [0, 0.05) is 23.0 Å². The van der Waals surface area contributed by atoms with Crippen molar-refractivity contribution in [2.45, 2.75) is 32.2 Å². The Morgan fingerprint density at radius 3 is 2.75 bits per heavy atom. The van der Waals surface area contributed by atoms with Crippen molar-refractivity contribution >= 4 is 40.1 Å². The number of aromatic nitrogens is 2. The van der Waals surface area contributed by atoms with Crippen molar-refractivity contribution in [2.24, 2.45) is 0 Å². The Kier molecular flexibility index (Phi) is 7.12. The number of rotatable bonds is 9. The van der Waals surface area contributed by atoms with Crippen LogP contribution < -0.4 is 5.32 Å². The first-order chi connectivity index (χ1) is 13.6. The second-order valence-electron chi connectivity index (χ2n) is 6.64. The number of nitrogens with one attached hydrogen (secondary N) is 1. The van der Waals surface area contributed by atoms with Crippen LogP contribution in [0.25, 0.3) is 11.0 Å². The highest BCUT2D eigenvalue weighted by Gasteiger charge is 2.12. The minimum Gasteiger partial charge on any atom is -0.353 e. The van der Waals surface area contributed by atoms with Crippen LogP contribution in [-0.4, -0.2) is 22.0 Å². The summed E-state index contributed by atoms with van der Waals surface area (Å²) >= 11 is 12.4. The fourth-order valence-electron chi connectivity index (χ4n) is 3.18. The van der Waals surface area contributed by atoms with E-state index in [0.29, 0.717) is 23.1 Å². The van der Waals surface area contributed by atoms with Gasteiger partial charge in [0.25, 0.3) is 0 Å². The third-order valence-corrected chi connectivity index (χ3v) is 5.23. The highest BCUT2D eigenvalue weighted by atomic mass is 35.5. The summed E-state index contributed by atoms with van der Waals surface area (Å²) in [5, 5.41) is 4.10. The zero-order valence-electron chi connectivity index (χ0n) is 15.6. The molecule has 1 heterocycles. The lowest BCUT2D eigenvalue weighted by Gasteiger charge is -2.11. The predicted octanol–water partition coefficient (Wildman–Crippen LogP) is 5.41. The molecule has 0 saturated heterocycles. The van der Waals surface area contributed by atoms with Crippen molar-refractivity contribution in [3.63, 3.8) is 0 Å². The summed E-state index contributed by atoms with van der Waals surface area (Å²) in [6.45, 7) is 4.77. The average molecular weight is 416 g/mol. The minimum absolute atomic E-state index is 0.123. The quantitative estimate of drug-likeness (QED) is 0.375. The molecule has 0 unspecified atom stereocenters. The predicted molar refractivity (Wildman–Crippen MR) is 116 cm³/mol. The van der Waals surface area contributed by atoms with Crippen molar-refractivity contribution in [1.29, 1.82) is 0 Å². The molecule has 0 fully saturated rings. The number of hydrogen-bond acceptors (Lipinski definition) is 2. The van der Waals surface area contributed by atoms with Gasteiger partial charge in [-0.3, -0.25) is 4.79 Å². The van der Waals surface area contributed by atoms with Crippen LogP contribution in [0.15, 0.2) is 55.1 Å². The van der Waals surface area contributed by atoms with E-state index in [-0.39, 0.29) is 5.91 Å². The van der Waals surface area contributed by atoms with Gasteiger partial charge in [-0.25, -0.2) is 4.98 Å². The number of para-hydroxylation sites is 2. The van der Waals surface area contributed by atoms with E-state index in [0.717, 1.165) is 48.1 Å². The molecule has 3 aromatic rings. The first kappa shape index (κ1) is 20.4. The second kappa shape index (κ2) is 9.76. The van der Waals surface area contributed by atoms with Crippen molar-refractivity contribution in [3.05, 3.63) is 76.6 Å². The van der Waals surface area contributed by atoms with E-state index >= 15 is 0 Å². The molecule has 0 bridgehead atoms. The molecule has 0 aliphatic heterocycles. The van der Waals surface area contributed by atoms with Gasteiger partial charge in [0.2, 0.25) is 5.91 Å². The highest BCUT2D eigenvalue weighted by molar-refractivity contribution is 6.35. The number of amides is 1. The summed E-state index contributed by atoms with van der Waals surface area (Å²) in [6.07, 6.45) is 5.12. The van der Waals surface area contributed by atoms with Crippen LogP contribution in [0, 0.1) is 0 Å². The van der Waals surface area contributed by atoms with Gasteiger partial charge < -0.3 is 9.88 Å². The number of halogens is 2. The smallest absolute Gasteiger partial charge is 0.243 e. The van der Waals surface area contributed by atoms with Crippen LogP contribution in [0.2, 0.25) is 10.0 Å². The standard InChI is InChI=1S/C22H23Cl2N3O/c1-2-22(28)25-13-7-3-4-10-21-26-19-8-5-6-9-20(19)27(21)15-16-11-12-17(23)14-18(16)24/h2,5-6,8-9,11-12,14H,1,3-4,7,10,13,15H2,(H,25,28). The Morgan fingerprint density at radius 1 is 1.14 bits per heavy atom. The van der Waals surface area contributed by atoms with Gasteiger partial charge in [0.05, 0.1) is 17.6 Å². The van der Waals surface area contributed by atoms with Gasteiger partial charge in [-0.05, 0) is 48.7 Å². The number of carbonyl (C=O) groups excluding carboxylic acids is 1. The first-order valence-corrected chi connectivity index (χ1v) is 10.1. The van der Waals surface area contributed by atoms with Gasteiger partial charge in [0.15, 0.2) is 0 Å². The molecule has 0 saturated carbocycles. The lowest BCUT2D eigenvalue weighted by atomic mass is 10.1. The Labute approximate surface area is 175 Å². The second-order valence-corrected chi connectivity index (χ2v) is 7.49. The van der Waals surface area contributed by atoms with E-state index in [1.807, 2.05) is 30.3 Å². The zero-order chi connectivity index (χ0) is 19.9. The molecule has 28 heavy (non-hydrogen) atoms. The number of unbranched alkanes of at least 4 members (excludes halogenated alkanes) is 2. The van der Waals surface area contributed by atoms with E-state index in [9.17, 15) is 4.79 Å². The van der Waals surface area contributed by atoms with E-state index < -0.39 is 0 Å². The normalized spacial score (nSPS) is 10.9. The van der Waals surface area contributed by atoms with Gasteiger partial charge in [0.1, 0.15) is 5.82 Å². The molecule has 146 valence electrons. The fraction of sp³-hybridized carbons (Fsp3) is 0.273. The molecule has 0 aliphatic rings. The molecule has 1 N–H and O–H groups in total. The van der Waals surface area contributed by atoms with E-state index in [1.165, 1.54) is 6.08 Å². The van der Waals surface area contributed by atoms with E-state index in [2.05, 4.69) is 22.5 Å². The number of hydrogen-bond donors (Lipinski definition) is 1. The van der Waals surface area contributed by atoms with Crippen molar-refractivity contribution in [2.75, 3.05) is 6.54 Å². The Balaban J connectivity index is 1.70. The number of carbonyl (C=O) groups is 1. The van der Waals surface area contributed by atoms with Gasteiger partial charge in [-0.1, -0.05) is 54.4 Å². The van der Waals surface area contributed by atoms with Gasteiger partial charge in [-0.15, -0.1) is 0 Å². The Morgan fingerprint density at radius 2 is 1.96 bits per heavy atom. The fourth-order valence-corrected chi connectivity index (χ4v) is 3.65. The molecular formula is C22H23Cl2N3O. The maximum Gasteiger partial charge on any atom is 0.243 e. The Bertz CT molecular complexity index is 981. The zero-order valence-corrected chi connectivity index (χ0v) is 17.1. The largest absolute Gasteiger partial charge is 0.353 e. The molecule has 0 radical (unpaired) electrons. The highest BCUT2D eigenvalue weighted by Crippen LogP contribution is 2.25. The summed E-state index contributed by atoms with van der Waals surface area (Å²) in [7, 11) is 0. The summed E-state index contributed by atoms with van der Waals surface area (Å²) in [6, 6.07) is 13.7. The average Bonchev–Trinajstić information content (AvgIpc) is 3.04. The monoisotopic (exact) mass is 415 g/mol. The topological polar surface area (TPSA) is 46.9 Å². The summed E-state index contributed by atoms with van der Waals surface area (Å²) < 4.78 is 2.23. The third-order valence-electron chi connectivity index (χ3n) is 4.64. The van der Waals surface area contributed by atoms with Crippen molar-refractivity contribution in [3.8, 4) is 0 Å².